The smallest absolute Gasteiger partial charge is 0.319 e. The highest BCUT2D eigenvalue weighted by Gasteiger charge is 2.43. The Morgan fingerprint density at radius 3 is 2.43 bits per heavy atom. The summed E-state index contributed by atoms with van der Waals surface area (Å²) in [4.78, 5) is 26.2. The van der Waals surface area contributed by atoms with Crippen molar-refractivity contribution in [1.29, 1.82) is 0 Å². The number of carbonyl (C=O) groups excluding carboxylic acids is 2. The summed E-state index contributed by atoms with van der Waals surface area (Å²) in [5.74, 6) is 0.551. The quantitative estimate of drug-likeness (QED) is 0.597. The molecule has 1 aromatic carbocycles. The van der Waals surface area contributed by atoms with E-state index in [1.54, 1.807) is 29.2 Å². The van der Waals surface area contributed by atoms with E-state index in [1.165, 1.54) is 0 Å². The minimum atomic E-state index is -1.16. The number of piperidine rings is 1. The summed E-state index contributed by atoms with van der Waals surface area (Å²) in [6, 6.07) is 8.54. The maximum atomic E-state index is 12.5. The second-order valence-electron chi connectivity index (χ2n) is 7.66. The van der Waals surface area contributed by atoms with Crippen LogP contribution in [-0.4, -0.2) is 71.1 Å². The molecule has 0 spiro atoms. The number of hydrogen-bond acceptors (Lipinski definition) is 5. The monoisotopic (exact) mass is 391 g/mol. The fourth-order valence-electron chi connectivity index (χ4n) is 3.61. The summed E-state index contributed by atoms with van der Waals surface area (Å²) >= 11 is 0. The molecule has 0 radical (unpaired) electrons. The summed E-state index contributed by atoms with van der Waals surface area (Å²) in [6.07, 6.45) is -1.87. The number of ether oxygens (including phenoxy) is 1. The van der Waals surface area contributed by atoms with Gasteiger partial charge in [-0.15, -0.1) is 0 Å². The van der Waals surface area contributed by atoms with Gasteiger partial charge in [0.1, 0.15) is 18.3 Å². The molecule has 3 amide bonds. The maximum Gasteiger partial charge on any atom is 0.319 e. The van der Waals surface area contributed by atoms with Crippen molar-refractivity contribution in [2.24, 2.45) is 5.92 Å². The number of urea groups is 1. The van der Waals surface area contributed by atoms with Gasteiger partial charge in [-0.25, -0.2) is 4.79 Å². The second kappa shape index (κ2) is 9.36. The summed E-state index contributed by atoms with van der Waals surface area (Å²) in [5.41, 5.74) is 0.646. The number of anilines is 1. The fourth-order valence-corrected chi connectivity index (χ4v) is 3.61. The van der Waals surface area contributed by atoms with Gasteiger partial charge in [0, 0.05) is 25.3 Å². The molecule has 2 fully saturated rings. The molecule has 8 nitrogen and oxygen atoms in total. The molecule has 2 heterocycles. The topological polar surface area (TPSA) is 111 Å². The zero-order valence-electron chi connectivity index (χ0n) is 16.1. The van der Waals surface area contributed by atoms with E-state index in [0.717, 1.165) is 25.9 Å². The van der Waals surface area contributed by atoms with E-state index >= 15 is 0 Å². The second-order valence-corrected chi connectivity index (χ2v) is 7.66. The summed E-state index contributed by atoms with van der Waals surface area (Å²) in [6.45, 7) is 3.64. The molecule has 154 valence electrons. The van der Waals surface area contributed by atoms with Crippen LogP contribution in [0, 0.1) is 5.92 Å². The van der Waals surface area contributed by atoms with Crippen LogP contribution in [0.25, 0.3) is 0 Å². The average Bonchev–Trinajstić information content (AvgIpc) is 2.95. The summed E-state index contributed by atoms with van der Waals surface area (Å²) in [5, 5.41) is 25.8. The van der Waals surface area contributed by atoms with Gasteiger partial charge in [0.25, 0.3) is 0 Å². The van der Waals surface area contributed by atoms with E-state index in [9.17, 15) is 19.8 Å². The number of likely N-dealkylation sites (tertiary alicyclic amines) is 1. The normalized spacial score (nSPS) is 28.2. The van der Waals surface area contributed by atoms with Gasteiger partial charge in [0.15, 0.2) is 0 Å². The van der Waals surface area contributed by atoms with Gasteiger partial charge in [-0.1, -0.05) is 25.1 Å². The number of aliphatic hydroxyl groups is 2. The van der Waals surface area contributed by atoms with Crippen LogP contribution in [0.5, 0.6) is 0 Å². The first kappa shape index (κ1) is 20.6. The Labute approximate surface area is 164 Å². The lowest BCUT2D eigenvalue weighted by atomic mass is 9.98. The first-order valence-electron chi connectivity index (χ1n) is 9.83. The third-order valence-electron chi connectivity index (χ3n) is 5.47. The van der Waals surface area contributed by atoms with E-state index in [0.29, 0.717) is 11.6 Å². The van der Waals surface area contributed by atoms with Gasteiger partial charge in [0.05, 0.1) is 12.5 Å². The molecule has 2 aliphatic heterocycles. The highest BCUT2D eigenvalue weighted by Crippen LogP contribution is 2.25. The van der Waals surface area contributed by atoms with Gasteiger partial charge in [0.2, 0.25) is 5.91 Å². The molecule has 1 aromatic rings. The van der Waals surface area contributed by atoms with Gasteiger partial charge < -0.3 is 30.5 Å². The van der Waals surface area contributed by atoms with Crippen molar-refractivity contribution in [3.05, 3.63) is 30.3 Å². The molecule has 0 saturated carbocycles. The molecule has 0 aromatic heterocycles. The molecule has 8 heteroatoms. The van der Waals surface area contributed by atoms with Crippen molar-refractivity contribution in [2.45, 2.75) is 50.6 Å². The lowest BCUT2D eigenvalue weighted by Gasteiger charge is -2.31. The Kier molecular flexibility index (Phi) is 6.88. The van der Waals surface area contributed by atoms with E-state index in [2.05, 4.69) is 17.6 Å². The lowest BCUT2D eigenvalue weighted by molar-refractivity contribution is -0.136. The van der Waals surface area contributed by atoms with Crippen molar-refractivity contribution >= 4 is 17.6 Å². The standard InChI is InChI=1S/C20H29N3O5/c1-13-7-9-23(10-8-13)17(24)11-15-18(25)19(26)16(28-15)12-21-20(27)22-14-5-3-2-4-6-14/h2-6,13,15-16,18-19,25-26H,7-12H2,1H3,(H2,21,22,27). The van der Waals surface area contributed by atoms with Crippen LogP contribution in [-0.2, 0) is 9.53 Å². The van der Waals surface area contributed by atoms with E-state index < -0.39 is 30.4 Å². The van der Waals surface area contributed by atoms with Crippen molar-refractivity contribution in [1.82, 2.24) is 10.2 Å². The third kappa shape index (κ3) is 5.21. The molecule has 2 aliphatic rings. The Balaban J connectivity index is 1.45. The van der Waals surface area contributed by atoms with E-state index in [-0.39, 0.29) is 18.9 Å². The number of carbonyl (C=O) groups is 2. The van der Waals surface area contributed by atoms with Crippen molar-refractivity contribution in [3.8, 4) is 0 Å². The molecular weight excluding hydrogens is 362 g/mol. The summed E-state index contributed by atoms with van der Waals surface area (Å²) < 4.78 is 5.68. The number of amides is 3. The molecular formula is C20H29N3O5. The van der Waals surface area contributed by atoms with Gasteiger partial charge >= 0.3 is 6.03 Å². The third-order valence-corrected chi connectivity index (χ3v) is 5.47. The first-order chi connectivity index (χ1) is 13.4. The molecule has 0 bridgehead atoms. The van der Waals surface area contributed by atoms with Crippen LogP contribution in [0.2, 0.25) is 0 Å². The number of nitrogens with one attached hydrogen (secondary N) is 2. The fraction of sp³-hybridized carbons (Fsp3) is 0.600. The van der Waals surface area contributed by atoms with Crippen molar-refractivity contribution < 1.29 is 24.5 Å². The predicted molar refractivity (Wildman–Crippen MR) is 104 cm³/mol. The molecule has 4 unspecified atom stereocenters. The van der Waals surface area contributed by atoms with Crippen molar-refractivity contribution in [3.63, 3.8) is 0 Å². The molecule has 28 heavy (non-hydrogen) atoms. The first-order valence-corrected chi connectivity index (χ1v) is 9.83. The predicted octanol–water partition coefficient (Wildman–Crippen LogP) is 0.946. The molecule has 0 aliphatic carbocycles. The molecule has 3 rings (SSSR count). The number of para-hydroxylation sites is 1. The number of hydrogen-bond donors (Lipinski definition) is 4. The number of benzene rings is 1. The van der Waals surface area contributed by atoms with Crippen LogP contribution < -0.4 is 10.6 Å². The minimum absolute atomic E-state index is 0.0271. The number of nitrogens with zero attached hydrogens (tertiary/aromatic N) is 1. The Hall–Kier alpha value is -2.16. The van der Waals surface area contributed by atoms with E-state index in [1.807, 2.05) is 6.07 Å². The molecule has 4 atom stereocenters. The Morgan fingerprint density at radius 2 is 1.75 bits per heavy atom. The maximum absolute atomic E-state index is 12.5. The SMILES string of the molecule is CC1CCN(C(=O)CC2OC(CNC(=O)Nc3ccccc3)C(O)C2O)CC1. The zero-order valence-corrected chi connectivity index (χ0v) is 16.1. The summed E-state index contributed by atoms with van der Waals surface area (Å²) in [7, 11) is 0. The Morgan fingerprint density at radius 1 is 1.11 bits per heavy atom. The van der Waals surface area contributed by atoms with Crippen LogP contribution in [0.4, 0.5) is 10.5 Å². The highest BCUT2D eigenvalue weighted by atomic mass is 16.5. The van der Waals surface area contributed by atoms with E-state index in [4.69, 9.17) is 4.74 Å². The zero-order chi connectivity index (χ0) is 20.1. The van der Waals surface area contributed by atoms with Gasteiger partial charge in [-0.2, -0.15) is 0 Å². The highest BCUT2D eigenvalue weighted by molar-refractivity contribution is 5.89. The number of rotatable bonds is 5. The van der Waals surface area contributed by atoms with Gasteiger partial charge in [-0.3, -0.25) is 4.79 Å². The van der Waals surface area contributed by atoms with Crippen LogP contribution in [0.15, 0.2) is 30.3 Å². The number of aliphatic hydroxyl groups excluding tert-OH is 2. The lowest BCUT2D eigenvalue weighted by Crippen LogP contribution is -2.42. The van der Waals surface area contributed by atoms with Gasteiger partial charge in [-0.05, 0) is 30.9 Å². The molecule has 4 N–H and O–H groups in total. The minimum Gasteiger partial charge on any atom is -0.388 e. The largest absolute Gasteiger partial charge is 0.388 e. The Bertz CT molecular complexity index is 663. The van der Waals surface area contributed by atoms with Crippen LogP contribution in [0.1, 0.15) is 26.2 Å². The van der Waals surface area contributed by atoms with Crippen LogP contribution >= 0.6 is 0 Å². The van der Waals surface area contributed by atoms with Crippen LogP contribution in [0.3, 0.4) is 0 Å². The molecule has 2 saturated heterocycles. The van der Waals surface area contributed by atoms with Crippen molar-refractivity contribution in [2.75, 3.05) is 25.0 Å². The average molecular weight is 391 g/mol.